The minimum atomic E-state index is -0.0653. The first-order chi connectivity index (χ1) is 9.61. The number of carbonyl (C=O) groups is 1. The highest BCUT2D eigenvalue weighted by molar-refractivity contribution is 5.82. The van der Waals surface area contributed by atoms with E-state index in [-0.39, 0.29) is 18.0 Å². The molecule has 1 aliphatic heterocycles. The van der Waals surface area contributed by atoms with Crippen LogP contribution in [0.5, 0.6) is 5.75 Å². The first-order valence-corrected chi connectivity index (χ1v) is 7.29. The Labute approximate surface area is 120 Å². The van der Waals surface area contributed by atoms with Crippen molar-refractivity contribution in [2.75, 3.05) is 13.7 Å². The second-order valence-corrected chi connectivity index (χ2v) is 5.55. The van der Waals surface area contributed by atoms with Crippen molar-refractivity contribution in [3.8, 4) is 5.75 Å². The van der Waals surface area contributed by atoms with Crippen LogP contribution in [0, 0.1) is 5.92 Å². The van der Waals surface area contributed by atoms with E-state index in [2.05, 4.69) is 17.6 Å². The van der Waals surface area contributed by atoms with Gasteiger partial charge in [0.05, 0.1) is 19.2 Å². The molecule has 20 heavy (non-hydrogen) atoms. The Bertz CT molecular complexity index is 444. The standard InChI is InChI=1S/C16H24N2O2/c1-11-5-4-10-17-15(11)16(19)18-12(2)13-6-8-14(20-3)9-7-13/h6-9,11-12,15,17H,4-5,10H2,1-3H3,(H,18,19). The molecule has 1 aromatic rings. The van der Waals surface area contributed by atoms with Gasteiger partial charge < -0.3 is 15.4 Å². The Morgan fingerprint density at radius 2 is 2.10 bits per heavy atom. The van der Waals surface area contributed by atoms with Gasteiger partial charge in [0.15, 0.2) is 0 Å². The fraction of sp³-hybridized carbons (Fsp3) is 0.562. The van der Waals surface area contributed by atoms with Crippen LogP contribution in [0.4, 0.5) is 0 Å². The number of methoxy groups -OCH3 is 1. The van der Waals surface area contributed by atoms with Crippen LogP contribution in [-0.2, 0) is 4.79 Å². The van der Waals surface area contributed by atoms with Gasteiger partial charge in [-0.25, -0.2) is 0 Å². The summed E-state index contributed by atoms with van der Waals surface area (Å²) in [6.45, 7) is 5.07. The number of carbonyl (C=O) groups excluding carboxylic acids is 1. The third kappa shape index (κ3) is 3.51. The van der Waals surface area contributed by atoms with Crippen LogP contribution >= 0.6 is 0 Å². The van der Waals surface area contributed by atoms with E-state index in [1.54, 1.807) is 7.11 Å². The molecule has 0 radical (unpaired) electrons. The van der Waals surface area contributed by atoms with Crippen LogP contribution < -0.4 is 15.4 Å². The van der Waals surface area contributed by atoms with Crippen LogP contribution in [0.25, 0.3) is 0 Å². The Balaban J connectivity index is 1.95. The van der Waals surface area contributed by atoms with Crippen molar-refractivity contribution in [2.45, 2.75) is 38.8 Å². The maximum absolute atomic E-state index is 12.3. The van der Waals surface area contributed by atoms with Gasteiger partial charge in [0.25, 0.3) is 0 Å². The molecule has 1 aliphatic rings. The highest BCUT2D eigenvalue weighted by Gasteiger charge is 2.28. The Morgan fingerprint density at radius 1 is 1.40 bits per heavy atom. The maximum atomic E-state index is 12.3. The van der Waals surface area contributed by atoms with Gasteiger partial charge in [-0.2, -0.15) is 0 Å². The zero-order valence-electron chi connectivity index (χ0n) is 12.5. The van der Waals surface area contributed by atoms with Gasteiger partial charge in [-0.05, 0) is 49.9 Å². The number of ether oxygens (including phenoxy) is 1. The fourth-order valence-electron chi connectivity index (χ4n) is 2.68. The molecular weight excluding hydrogens is 252 g/mol. The van der Waals surface area contributed by atoms with Crippen molar-refractivity contribution in [1.29, 1.82) is 0 Å². The molecule has 4 nitrogen and oxygen atoms in total. The van der Waals surface area contributed by atoms with Gasteiger partial charge in [-0.1, -0.05) is 19.1 Å². The molecule has 1 fully saturated rings. The molecule has 1 aromatic carbocycles. The zero-order chi connectivity index (χ0) is 14.5. The van der Waals surface area contributed by atoms with E-state index < -0.39 is 0 Å². The number of rotatable bonds is 4. The number of hydrogen-bond donors (Lipinski definition) is 2. The molecule has 4 heteroatoms. The Kier molecular flexibility index (Phi) is 5.01. The molecule has 0 spiro atoms. The van der Waals surface area contributed by atoms with Crippen LogP contribution in [-0.4, -0.2) is 25.6 Å². The third-order valence-electron chi connectivity index (χ3n) is 4.03. The summed E-state index contributed by atoms with van der Waals surface area (Å²) in [7, 11) is 1.65. The van der Waals surface area contributed by atoms with Gasteiger partial charge in [0.1, 0.15) is 5.75 Å². The number of nitrogens with one attached hydrogen (secondary N) is 2. The minimum Gasteiger partial charge on any atom is -0.497 e. The Hall–Kier alpha value is -1.55. The molecule has 110 valence electrons. The molecule has 0 aliphatic carbocycles. The minimum absolute atomic E-state index is 0.00401. The zero-order valence-corrected chi connectivity index (χ0v) is 12.5. The van der Waals surface area contributed by atoms with E-state index >= 15 is 0 Å². The molecule has 0 saturated carbocycles. The summed E-state index contributed by atoms with van der Waals surface area (Å²) >= 11 is 0. The maximum Gasteiger partial charge on any atom is 0.237 e. The van der Waals surface area contributed by atoms with E-state index in [1.807, 2.05) is 31.2 Å². The average Bonchev–Trinajstić information content (AvgIpc) is 2.47. The lowest BCUT2D eigenvalue weighted by Crippen LogP contribution is -2.51. The first kappa shape index (κ1) is 14.9. The predicted molar refractivity (Wildman–Crippen MR) is 79.7 cm³/mol. The van der Waals surface area contributed by atoms with E-state index in [0.29, 0.717) is 5.92 Å². The quantitative estimate of drug-likeness (QED) is 0.887. The van der Waals surface area contributed by atoms with Gasteiger partial charge >= 0.3 is 0 Å². The largest absolute Gasteiger partial charge is 0.497 e. The third-order valence-corrected chi connectivity index (χ3v) is 4.03. The molecule has 3 unspecified atom stereocenters. The smallest absolute Gasteiger partial charge is 0.237 e. The molecule has 1 saturated heterocycles. The monoisotopic (exact) mass is 276 g/mol. The van der Waals surface area contributed by atoms with Crippen molar-refractivity contribution in [2.24, 2.45) is 5.92 Å². The normalized spacial score (nSPS) is 23.9. The van der Waals surface area contributed by atoms with Crippen molar-refractivity contribution in [1.82, 2.24) is 10.6 Å². The Morgan fingerprint density at radius 3 is 2.70 bits per heavy atom. The van der Waals surface area contributed by atoms with Crippen molar-refractivity contribution in [3.05, 3.63) is 29.8 Å². The van der Waals surface area contributed by atoms with Crippen LogP contribution in [0.15, 0.2) is 24.3 Å². The molecule has 3 atom stereocenters. The second kappa shape index (κ2) is 6.75. The lowest BCUT2D eigenvalue weighted by Gasteiger charge is -2.30. The van der Waals surface area contributed by atoms with E-state index in [4.69, 9.17) is 4.74 Å². The summed E-state index contributed by atoms with van der Waals surface area (Å²) in [6.07, 6.45) is 2.26. The summed E-state index contributed by atoms with van der Waals surface area (Å²) in [5, 5.41) is 6.40. The van der Waals surface area contributed by atoms with Crippen molar-refractivity contribution < 1.29 is 9.53 Å². The van der Waals surface area contributed by atoms with Crippen LogP contribution in [0.1, 0.15) is 38.3 Å². The SMILES string of the molecule is COc1ccc(C(C)NC(=O)C2NCCCC2C)cc1. The molecule has 0 aromatic heterocycles. The van der Waals surface area contributed by atoms with Crippen molar-refractivity contribution >= 4 is 5.91 Å². The fourth-order valence-corrected chi connectivity index (χ4v) is 2.68. The number of benzene rings is 1. The molecule has 2 rings (SSSR count). The molecule has 2 N–H and O–H groups in total. The highest BCUT2D eigenvalue weighted by Crippen LogP contribution is 2.19. The van der Waals surface area contributed by atoms with Gasteiger partial charge in [0, 0.05) is 0 Å². The molecule has 1 heterocycles. The number of hydrogen-bond acceptors (Lipinski definition) is 3. The summed E-state index contributed by atoms with van der Waals surface area (Å²) < 4.78 is 5.14. The van der Waals surface area contributed by atoms with Crippen molar-refractivity contribution in [3.63, 3.8) is 0 Å². The average molecular weight is 276 g/mol. The van der Waals surface area contributed by atoms with Crippen LogP contribution in [0.2, 0.25) is 0 Å². The van der Waals surface area contributed by atoms with Gasteiger partial charge in [-0.15, -0.1) is 0 Å². The second-order valence-electron chi connectivity index (χ2n) is 5.55. The summed E-state index contributed by atoms with van der Waals surface area (Å²) in [4.78, 5) is 12.3. The first-order valence-electron chi connectivity index (χ1n) is 7.29. The topological polar surface area (TPSA) is 50.4 Å². The lowest BCUT2D eigenvalue weighted by molar-refractivity contribution is -0.125. The molecular formula is C16H24N2O2. The highest BCUT2D eigenvalue weighted by atomic mass is 16.5. The summed E-state index contributed by atoms with van der Waals surface area (Å²) in [6, 6.07) is 7.75. The molecule has 1 amide bonds. The van der Waals surface area contributed by atoms with Gasteiger partial charge in [0.2, 0.25) is 5.91 Å². The predicted octanol–water partition coefficient (Wildman–Crippen LogP) is 2.26. The summed E-state index contributed by atoms with van der Waals surface area (Å²) in [5.41, 5.74) is 1.09. The van der Waals surface area contributed by atoms with E-state index in [1.165, 1.54) is 0 Å². The van der Waals surface area contributed by atoms with E-state index in [0.717, 1.165) is 30.7 Å². The van der Waals surface area contributed by atoms with E-state index in [9.17, 15) is 4.79 Å². The lowest BCUT2D eigenvalue weighted by atomic mass is 9.92. The van der Waals surface area contributed by atoms with Crippen LogP contribution in [0.3, 0.4) is 0 Å². The summed E-state index contributed by atoms with van der Waals surface area (Å²) in [5.74, 6) is 1.32. The number of amides is 1. The van der Waals surface area contributed by atoms with Gasteiger partial charge in [-0.3, -0.25) is 4.79 Å². The molecule has 0 bridgehead atoms. The number of piperidine rings is 1.